The predicted octanol–water partition coefficient (Wildman–Crippen LogP) is 1.69. The SMILES string of the molecule is Cc1nccn1-c1ccc(CNC(=O)C2(CN)CCOCC2)cc1F. The zero-order valence-electron chi connectivity index (χ0n) is 14.3. The average Bonchev–Trinajstić information content (AvgIpc) is 3.06. The zero-order valence-corrected chi connectivity index (χ0v) is 14.3. The standard InChI is InChI=1S/C18H23FN4O2/c1-13-21-6-7-23(13)16-3-2-14(10-15(16)19)11-22-17(24)18(12-20)4-8-25-9-5-18/h2-3,6-7,10H,4-5,8-9,11-12,20H2,1H3,(H,22,24). The highest BCUT2D eigenvalue weighted by molar-refractivity contribution is 5.83. The van der Waals surface area contributed by atoms with Crippen LogP contribution in [-0.2, 0) is 16.1 Å². The molecule has 1 amide bonds. The maximum Gasteiger partial charge on any atom is 0.227 e. The lowest BCUT2D eigenvalue weighted by molar-refractivity contribution is -0.136. The molecule has 1 aromatic carbocycles. The van der Waals surface area contributed by atoms with Crippen molar-refractivity contribution in [1.29, 1.82) is 0 Å². The van der Waals surface area contributed by atoms with Gasteiger partial charge in [-0.25, -0.2) is 9.37 Å². The minimum absolute atomic E-state index is 0.0896. The summed E-state index contributed by atoms with van der Waals surface area (Å²) in [5.74, 6) is 0.269. The molecule has 1 fully saturated rings. The number of carbonyl (C=O) groups excluding carboxylic acids is 1. The molecule has 1 aliphatic heterocycles. The van der Waals surface area contributed by atoms with E-state index in [1.165, 1.54) is 6.07 Å². The number of imidazole rings is 1. The van der Waals surface area contributed by atoms with Crippen molar-refractivity contribution in [3.8, 4) is 5.69 Å². The number of aryl methyl sites for hydroxylation is 1. The molecule has 2 heterocycles. The van der Waals surface area contributed by atoms with Crippen LogP contribution in [0.25, 0.3) is 5.69 Å². The zero-order chi connectivity index (χ0) is 17.9. The first-order valence-electron chi connectivity index (χ1n) is 8.41. The highest BCUT2D eigenvalue weighted by Gasteiger charge is 2.38. The Hall–Kier alpha value is -2.25. The molecule has 0 saturated carbocycles. The van der Waals surface area contributed by atoms with E-state index in [1.807, 2.05) is 6.92 Å². The Morgan fingerprint density at radius 3 is 2.80 bits per heavy atom. The number of benzene rings is 1. The summed E-state index contributed by atoms with van der Waals surface area (Å²) >= 11 is 0. The summed E-state index contributed by atoms with van der Waals surface area (Å²) in [6.07, 6.45) is 4.57. The number of halogens is 1. The van der Waals surface area contributed by atoms with E-state index in [0.29, 0.717) is 43.1 Å². The van der Waals surface area contributed by atoms with Crippen LogP contribution in [0.5, 0.6) is 0 Å². The molecule has 2 aromatic rings. The number of nitrogens with zero attached hydrogens (tertiary/aromatic N) is 2. The van der Waals surface area contributed by atoms with Gasteiger partial charge in [-0.2, -0.15) is 0 Å². The van der Waals surface area contributed by atoms with Gasteiger partial charge < -0.3 is 20.4 Å². The van der Waals surface area contributed by atoms with E-state index in [2.05, 4.69) is 10.3 Å². The van der Waals surface area contributed by atoms with E-state index < -0.39 is 5.41 Å². The minimum Gasteiger partial charge on any atom is -0.381 e. The van der Waals surface area contributed by atoms with Crippen molar-refractivity contribution in [2.45, 2.75) is 26.3 Å². The summed E-state index contributed by atoms with van der Waals surface area (Å²) in [4.78, 5) is 16.7. The van der Waals surface area contributed by atoms with E-state index in [1.54, 1.807) is 29.1 Å². The van der Waals surface area contributed by atoms with E-state index in [4.69, 9.17) is 10.5 Å². The van der Waals surface area contributed by atoms with Crippen LogP contribution < -0.4 is 11.1 Å². The van der Waals surface area contributed by atoms with Gasteiger partial charge in [0.25, 0.3) is 0 Å². The van der Waals surface area contributed by atoms with Gasteiger partial charge in [0.15, 0.2) is 0 Å². The minimum atomic E-state index is -0.579. The van der Waals surface area contributed by atoms with Crippen LogP contribution in [0.3, 0.4) is 0 Å². The molecule has 25 heavy (non-hydrogen) atoms. The van der Waals surface area contributed by atoms with Crippen LogP contribution in [0.4, 0.5) is 4.39 Å². The smallest absolute Gasteiger partial charge is 0.227 e. The number of aromatic nitrogens is 2. The number of nitrogens with one attached hydrogen (secondary N) is 1. The first-order chi connectivity index (χ1) is 12.1. The monoisotopic (exact) mass is 346 g/mol. The Bertz CT molecular complexity index is 753. The molecule has 1 aliphatic rings. The molecular weight excluding hydrogens is 323 g/mol. The fraction of sp³-hybridized carbons (Fsp3) is 0.444. The fourth-order valence-electron chi connectivity index (χ4n) is 3.14. The van der Waals surface area contributed by atoms with Gasteiger partial charge in [0.1, 0.15) is 11.6 Å². The largest absolute Gasteiger partial charge is 0.381 e. The summed E-state index contributed by atoms with van der Waals surface area (Å²) in [6, 6.07) is 4.93. The quantitative estimate of drug-likeness (QED) is 0.863. The molecule has 134 valence electrons. The molecule has 1 saturated heterocycles. The van der Waals surface area contributed by atoms with Crippen LogP contribution in [-0.4, -0.2) is 35.2 Å². The first kappa shape index (κ1) is 17.6. The van der Waals surface area contributed by atoms with Gasteiger partial charge in [-0.05, 0) is 37.5 Å². The Kier molecular flexibility index (Phi) is 5.15. The van der Waals surface area contributed by atoms with Crippen molar-refractivity contribution in [3.05, 3.63) is 47.8 Å². The molecule has 0 bridgehead atoms. The molecule has 0 aliphatic carbocycles. The van der Waals surface area contributed by atoms with Gasteiger partial charge in [0.05, 0.1) is 11.1 Å². The summed E-state index contributed by atoms with van der Waals surface area (Å²) in [5, 5.41) is 2.89. The number of hydrogen-bond acceptors (Lipinski definition) is 4. The summed E-state index contributed by atoms with van der Waals surface area (Å²) < 4.78 is 21.4. The van der Waals surface area contributed by atoms with Gasteiger partial charge in [-0.3, -0.25) is 4.79 Å². The highest BCUT2D eigenvalue weighted by Crippen LogP contribution is 2.29. The number of rotatable bonds is 5. The lowest BCUT2D eigenvalue weighted by Gasteiger charge is -2.34. The maximum absolute atomic E-state index is 14.4. The normalized spacial score (nSPS) is 16.6. The fourth-order valence-corrected chi connectivity index (χ4v) is 3.14. The van der Waals surface area contributed by atoms with Crippen molar-refractivity contribution >= 4 is 5.91 Å². The highest BCUT2D eigenvalue weighted by atomic mass is 19.1. The third kappa shape index (κ3) is 3.57. The lowest BCUT2D eigenvalue weighted by atomic mass is 9.79. The third-order valence-corrected chi connectivity index (χ3v) is 4.87. The van der Waals surface area contributed by atoms with Crippen LogP contribution in [0.1, 0.15) is 24.2 Å². The molecule has 3 rings (SSSR count). The second kappa shape index (κ2) is 7.33. The molecule has 3 N–H and O–H groups in total. The molecule has 7 heteroatoms. The Labute approximate surface area is 146 Å². The Morgan fingerprint density at radius 2 is 2.20 bits per heavy atom. The van der Waals surface area contributed by atoms with Crippen LogP contribution >= 0.6 is 0 Å². The average molecular weight is 346 g/mol. The maximum atomic E-state index is 14.4. The molecule has 0 spiro atoms. The topological polar surface area (TPSA) is 82.2 Å². The van der Waals surface area contributed by atoms with Crippen LogP contribution in [0.2, 0.25) is 0 Å². The van der Waals surface area contributed by atoms with Gasteiger partial charge in [0.2, 0.25) is 5.91 Å². The van der Waals surface area contributed by atoms with Crippen molar-refractivity contribution in [2.75, 3.05) is 19.8 Å². The molecular formula is C18H23FN4O2. The van der Waals surface area contributed by atoms with Gasteiger partial charge in [0, 0.05) is 38.7 Å². The third-order valence-electron chi connectivity index (χ3n) is 4.87. The summed E-state index contributed by atoms with van der Waals surface area (Å²) in [6.45, 7) is 3.45. The molecule has 1 aromatic heterocycles. The second-order valence-electron chi connectivity index (χ2n) is 6.41. The van der Waals surface area contributed by atoms with Crippen molar-refractivity contribution < 1.29 is 13.9 Å². The van der Waals surface area contributed by atoms with E-state index in [0.717, 1.165) is 0 Å². The Morgan fingerprint density at radius 1 is 1.44 bits per heavy atom. The van der Waals surface area contributed by atoms with Crippen molar-refractivity contribution in [2.24, 2.45) is 11.1 Å². The number of hydrogen-bond donors (Lipinski definition) is 2. The van der Waals surface area contributed by atoms with Gasteiger partial charge in [-0.15, -0.1) is 0 Å². The first-order valence-corrected chi connectivity index (χ1v) is 8.41. The predicted molar refractivity (Wildman–Crippen MR) is 91.6 cm³/mol. The number of ether oxygens (including phenoxy) is 1. The summed E-state index contributed by atoms with van der Waals surface area (Å²) in [7, 11) is 0. The van der Waals surface area contributed by atoms with Crippen LogP contribution in [0, 0.1) is 18.2 Å². The van der Waals surface area contributed by atoms with Crippen molar-refractivity contribution in [3.63, 3.8) is 0 Å². The van der Waals surface area contributed by atoms with Gasteiger partial charge >= 0.3 is 0 Å². The van der Waals surface area contributed by atoms with E-state index in [9.17, 15) is 9.18 Å². The summed E-state index contributed by atoms with van der Waals surface area (Å²) in [5.41, 5.74) is 6.40. The van der Waals surface area contributed by atoms with E-state index in [-0.39, 0.29) is 24.8 Å². The van der Waals surface area contributed by atoms with E-state index >= 15 is 0 Å². The molecule has 0 atom stereocenters. The van der Waals surface area contributed by atoms with Crippen LogP contribution in [0.15, 0.2) is 30.6 Å². The number of amides is 1. The molecule has 0 radical (unpaired) electrons. The molecule has 0 unspecified atom stereocenters. The Balaban J connectivity index is 1.68. The van der Waals surface area contributed by atoms with Gasteiger partial charge in [-0.1, -0.05) is 6.07 Å². The number of nitrogens with two attached hydrogens (primary N) is 1. The number of carbonyl (C=O) groups is 1. The lowest BCUT2D eigenvalue weighted by Crippen LogP contribution is -2.48. The molecule has 6 nitrogen and oxygen atoms in total. The van der Waals surface area contributed by atoms with Crippen molar-refractivity contribution in [1.82, 2.24) is 14.9 Å². The second-order valence-corrected chi connectivity index (χ2v) is 6.41.